The van der Waals surface area contributed by atoms with Gasteiger partial charge in [0.15, 0.2) is 0 Å². The Hall–Kier alpha value is -1.36. The number of hydroxylamine groups is 2. The molecule has 2 aromatic rings. The van der Waals surface area contributed by atoms with Gasteiger partial charge in [0, 0.05) is 16.9 Å². The van der Waals surface area contributed by atoms with Gasteiger partial charge in [-0.3, -0.25) is 9.63 Å². The fourth-order valence-electron chi connectivity index (χ4n) is 1.49. The lowest BCUT2D eigenvalue weighted by molar-refractivity contribution is -0.0753. The molecule has 1 amide bonds. The number of benzene rings is 1. The molecule has 0 aliphatic carbocycles. The van der Waals surface area contributed by atoms with Crippen molar-refractivity contribution in [1.29, 1.82) is 0 Å². The van der Waals surface area contributed by atoms with Crippen molar-refractivity contribution in [3.05, 3.63) is 46.3 Å². The van der Waals surface area contributed by atoms with Gasteiger partial charge in [0.2, 0.25) is 0 Å². The maximum Gasteiger partial charge on any atom is 0.287 e. The Morgan fingerprint density at radius 1 is 1.33 bits per heavy atom. The third-order valence-corrected chi connectivity index (χ3v) is 3.84. The first kappa shape index (κ1) is 13.1. The Labute approximate surface area is 115 Å². The predicted octanol–water partition coefficient (Wildman–Crippen LogP) is 3.70. The van der Waals surface area contributed by atoms with E-state index in [1.54, 1.807) is 13.1 Å². The number of thiophene rings is 1. The van der Waals surface area contributed by atoms with Crippen molar-refractivity contribution in [2.45, 2.75) is 0 Å². The molecule has 0 aliphatic heterocycles. The van der Waals surface area contributed by atoms with E-state index in [4.69, 9.17) is 16.4 Å². The highest BCUT2D eigenvalue weighted by atomic mass is 35.5. The van der Waals surface area contributed by atoms with E-state index in [2.05, 4.69) is 0 Å². The summed E-state index contributed by atoms with van der Waals surface area (Å²) in [5.41, 5.74) is 1.01. The van der Waals surface area contributed by atoms with Crippen LogP contribution in [0.1, 0.15) is 9.67 Å². The molecule has 0 N–H and O–H groups in total. The molecule has 2 rings (SSSR count). The minimum atomic E-state index is -0.157. The van der Waals surface area contributed by atoms with E-state index in [-0.39, 0.29) is 5.91 Å². The van der Waals surface area contributed by atoms with Crippen LogP contribution in [-0.4, -0.2) is 25.1 Å². The third kappa shape index (κ3) is 2.72. The number of carbonyl (C=O) groups excluding carboxylic acids is 1. The summed E-state index contributed by atoms with van der Waals surface area (Å²) in [5, 5.41) is 1.89. The van der Waals surface area contributed by atoms with Crippen LogP contribution in [0.3, 0.4) is 0 Å². The van der Waals surface area contributed by atoms with E-state index in [1.807, 2.05) is 30.3 Å². The van der Waals surface area contributed by atoms with Crippen LogP contribution in [0.15, 0.2) is 36.4 Å². The van der Waals surface area contributed by atoms with Crippen molar-refractivity contribution < 1.29 is 9.63 Å². The van der Waals surface area contributed by atoms with Crippen LogP contribution in [0.25, 0.3) is 10.4 Å². The van der Waals surface area contributed by atoms with Crippen LogP contribution in [0.5, 0.6) is 0 Å². The quantitative estimate of drug-likeness (QED) is 0.803. The van der Waals surface area contributed by atoms with Crippen LogP contribution < -0.4 is 0 Å². The molecular formula is C13H12ClNO2S. The van der Waals surface area contributed by atoms with E-state index in [0.717, 1.165) is 10.4 Å². The largest absolute Gasteiger partial charge is 0.287 e. The van der Waals surface area contributed by atoms with E-state index < -0.39 is 0 Å². The minimum Gasteiger partial charge on any atom is -0.274 e. The monoisotopic (exact) mass is 281 g/mol. The highest BCUT2D eigenvalue weighted by Crippen LogP contribution is 2.30. The summed E-state index contributed by atoms with van der Waals surface area (Å²) in [6.45, 7) is 0. The zero-order valence-electron chi connectivity index (χ0n) is 10.0. The molecule has 0 radical (unpaired) electrons. The molecule has 1 aromatic heterocycles. The summed E-state index contributed by atoms with van der Waals surface area (Å²) >= 11 is 7.36. The maximum atomic E-state index is 11.9. The van der Waals surface area contributed by atoms with Gasteiger partial charge in [-0.15, -0.1) is 11.3 Å². The molecule has 0 bridgehead atoms. The van der Waals surface area contributed by atoms with Crippen molar-refractivity contribution in [3.63, 3.8) is 0 Å². The van der Waals surface area contributed by atoms with Gasteiger partial charge in [-0.1, -0.05) is 23.7 Å². The van der Waals surface area contributed by atoms with E-state index in [1.165, 1.54) is 23.5 Å². The summed E-state index contributed by atoms with van der Waals surface area (Å²) in [6, 6.07) is 11.3. The van der Waals surface area contributed by atoms with Gasteiger partial charge in [-0.05, 0) is 29.8 Å². The molecule has 0 atom stereocenters. The average molecular weight is 282 g/mol. The Bertz CT molecular complexity index is 568. The Morgan fingerprint density at radius 3 is 2.78 bits per heavy atom. The fourth-order valence-corrected chi connectivity index (χ4v) is 2.65. The van der Waals surface area contributed by atoms with Crippen molar-refractivity contribution >= 4 is 28.8 Å². The van der Waals surface area contributed by atoms with E-state index in [0.29, 0.717) is 9.90 Å². The van der Waals surface area contributed by atoms with Crippen molar-refractivity contribution in [3.8, 4) is 10.4 Å². The van der Waals surface area contributed by atoms with Gasteiger partial charge in [0.05, 0.1) is 12.0 Å². The third-order valence-electron chi connectivity index (χ3n) is 2.49. The molecule has 1 aromatic carbocycles. The van der Waals surface area contributed by atoms with Gasteiger partial charge in [-0.25, -0.2) is 5.06 Å². The molecular weight excluding hydrogens is 270 g/mol. The summed E-state index contributed by atoms with van der Waals surface area (Å²) in [5.74, 6) is -0.157. The van der Waals surface area contributed by atoms with Crippen molar-refractivity contribution in [1.82, 2.24) is 5.06 Å². The fraction of sp³-hybridized carbons (Fsp3) is 0.154. The molecule has 0 fully saturated rings. The number of nitrogens with zero attached hydrogens (tertiary/aromatic N) is 1. The van der Waals surface area contributed by atoms with Gasteiger partial charge >= 0.3 is 0 Å². The molecule has 5 heteroatoms. The Balaban J connectivity index is 2.28. The summed E-state index contributed by atoms with van der Waals surface area (Å²) < 4.78 is 0. The van der Waals surface area contributed by atoms with Crippen LogP contribution in [0, 0.1) is 0 Å². The normalized spacial score (nSPS) is 10.4. The number of halogens is 1. The zero-order valence-corrected chi connectivity index (χ0v) is 11.6. The first-order valence-corrected chi connectivity index (χ1v) is 6.49. The Kier molecular flexibility index (Phi) is 4.01. The molecule has 3 nitrogen and oxygen atoms in total. The molecule has 0 saturated carbocycles. The smallest absolute Gasteiger partial charge is 0.274 e. The van der Waals surface area contributed by atoms with Crippen LogP contribution in [0.2, 0.25) is 5.02 Å². The number of hydrogen-bond acceptors (Lipinski definition) is 3. The second kappa shape index (κ2) is 5.52. The highest BCUT2D eigenvalue weighted by Gasteiger charge is 2.14. The van der Waals surface area contributed by atoms with Crippen LogP contribution in [0.4, 0.5) is 0 Å². The standard InChI is InChI=1S/C13H12ClNO2S/c1-15(17-2)13(16)12-7-6-11(18-12)9-4-3-5-10(14)8-9/h3-8H,1-2H3. The molecule has 0 unspecified atom stereocenters. The second-order valence-corrected chi connectivity index (χ2v) is 5.18. The highest BCUT2D eigenvalue weighted by molar-refractivity contribution is 7.17. The number of rotatable bonds is 3. The minimum absolute atomic E-state index is 0.157. The SMILES string of the molecule is CON(C)C(=O)c1ccc(-c2cccc(Cl)c2)s1. The molecule has 0 spiro atoms. The first-order chi connectivity index (χ1) is 8.61. The van der Waals surface area contributed by atoms with Crippen LogP contribution in [-0.2, 0) is 4.84 Å². The second-order valence-electron chi connectivity index (χ2n) is 3.66. The molecule has 1 heterocycles. The van der Waals surface area contributed by atoms with Crippen molar-refractivity contribution in [2.24, 2.45) is 0 Å². The maximum absolute atomic E-state index is 11.9. The lowest BCUT2D eigenvalue weighted by atomic mass is 10.2. The molecule has 18 heavy (non-hydrogen) atoms. The number of carbonyl (C=O) groups is 1. The summed E-state index contributed by atoms with van der Waals surface area (Å²) in [4.78, 5) is 18.4. The van der Waals surface area contributed by atoms with Crippen LogP contribution >= 0.6 is 22.9 Å². The van der Waals surface area contributed by atoms with Gasteiger partial charge in [0.1, 0.15) is 0 Å². The molecule has 94 valence electrons. The first-order valence-electron chi connectivity index (χ1n) is 5.30. The Morgan fingerprint density at radius 2 is 2.11 bits per heavy atom. The van der Waals surface area contributed by atoms with Crippen molar-refractivity contribution in [2.75, 3.05) is 14.2 Å². The van der Waals surface area contributed by atoms with Gasteiger partial charge in [0.25, 0.3) is 5.91 Å². The lowest BCUT2D eigenvalue weighted by Gasteiger charge is -2.11. The zero-order chi connectivity index (χ0) is 13.1. The lowest BCUT2D eigenvalue weighted by Crippen LogP contribution is -2.24. The van der Waals surface area contributed by atoms with E-state index in [9.17, 15) is 4.79 Å². The molecule has 0 aliphatic rings. The number of amides is 1. The summed E-state index contributed by atoms with van der Waals surface area (Å²) in [6.07, 6.45) is 0. The molecule has 0 saturated heterocycles. The van der Waals surface area contributed by atoms with Gasteiger partial charge < -0.3 is 0 Å². The predicted molar refractivity (Wildman–Crippen MR) is 73.9 cm³/mol. The van der Waals surface area contributed by atoms with E-state index >= 15 is 0 Å². The topological polar surface area (TPSA) is 29.5 Å². The van der Waals surface area contributed by atoms with Gasteiger partial charge in [-0.2, -0.15) is 0 Å². The number of hydrogen-bond donors (Lipinski definition) is 0. The summed E-state index contributed by atoms with van der Waals surface area (Å²) in [7, 11) is 3.05. The average Bonchev–Trinajstić information content (AvgIpc) is 2.86.